The zero-order valence-electron chi connectivity index (χ0n) is 16.5. The van der Waals surface area contributed by atoms with Gasteiger partial charge in [0, 0.05) is 12.0 Å². The van der Waals surface area contributed by atoms with Crippen LogP contribution in [0.4, 0.5) is 13.6 Å². The number of ether oxygens (including phenoxy) is 2. The van der Waals surface area contributed by atoms with Crippen molar-refractivity contribution in [3.8, 4) is 5.75 Å². The van der Waals surface area contributed by atoms with Crippen LogP contribution in [0.15, 0.2) is 18.2 Å². The third kappa shape index (κ3) is 6.06. The zero-order chi connectivity index (χ0) is 20.2. The number of rotatable bonds is 6. The lowest BCUT2D eigenvalue weighted by molar-refractivity contribution is 0.0214. The summed E-state index contributed by atoms with van der Waals surface area (Å²) in [4.78, 5) is 13.9. The largest absolute Gasteiger partial charge is 0.490 e. The van der Waals surface area contributed by atoms with Gasteiger partial charge in [-0.2, -0.15) is 0 Å². The summed E-state index contributed by atoms with van der Waals surface area (Å²) in [5.41, 5.74) is 5.29. The predicted octanol–water partition coefficient (Wildman–Crippen LogP) is 4.35. The third-order valence-corrected chi connectivity index (χ3v) is 4.35. The monoisotopic (exact) mass is 384 g/mol. The van der Waals surface area contributed by atoms with E-state index in [2.05, 4.69) is 0 Å². The first-order valence-electron chi connectivity index (χ1n) is 9.40. The van der Waals surface area contributed by atoms with E-state index < -0.39 is 29.7 Å². The molecule has 1 fully saturated rings. The number of nitrogens with two attached hydrogens (primary N) is 1. The van der Waals surface area contributed by atoms with Crippen molar-refractivity contribution < 1.29 is 23.0 Å². The molecular weight excluding hydrogens is 354 g/mol. The van der Waals surface area contributed by atoms with E-state index in [0.29, 0.717) is 17.9 Å². The Morgan fingerprint density at radius 3 is 2.74 bits per heavy atom. The van der Waals surface area contributed by atoms with Crippen molar-refractivity contribution in [2.24, 2.45) is 5.73 Å². The number of carbonyl (C=O) groups is 1. The summed E-state index contributed by atoms with van der Waals surface area (Å²) in [6, 6.07) is 3.50. The van der Waals surface area contributed by atoms with Gasteiger partial charge in [0.15, 0.2) is 0 Å². The molecule has 0 aromatic heterocycles. The van der Waals surface area contributed by atoms with Crippen LogP contribution < -0.4 is 10.5 Å². The van der Waals surface area contributed by atoms with E-state index in [1.807, 2.05) is 6.92 Å². The van der Waals surface area contributed by atoms with Gasteiger partial charge in [0.2, 0.25) is 0 Å². The lowest BCUT2D eigenvalue weighted by Crippen LogP contribution is -2.37. The van der Waals surface area contributed by atoms with Crippen molar-refractivity contribution in [3.63, 3.8) is 0 Å². The highest BCUT2D eigenvalue weighted by Gasteiger charge is 2.40. The molecule has 0 bridgehead atoms. The molecule has 0 spiro atoms. The van der Waals surface area contributed by atoms with E-state index in [0.717, 1.165) is 12.8 Å². The van der Waals surface area contributed by atoms with Crippen LogP contribution in [0.5, 0.6) is 5.75 Å². The average Bonchev–Trinajstić information content (AvgIpc) is 2.95. The van der Waals surface area contributed by atoms with Gasteiger partial charge in [-0.25, -0.2) is 13.6 Å². The Hall–Kier alpha value is -1.89. The number of nitrogens with zero attached hydrogens (tertiary/aromatic N) is 1. The summed E-state index contributed by atoms with van der Waals surface area (Å²) in [6.07, 6.45) is -0.310. The summed E-state index contributed by atoms with van der Waals surface area (Å²) < 4.78 is 39.5. The van der Waals surface area contributed by atoms with Gasteiger partial charge in [-0.1, -0.05) is 0 Å². The zero-order valence-corrected chi connectivity index (χ0v) is 16.5. The number of amides is 1. The number of likely N-dealkylation sites (tertiary alicyclic amines) is 1. The van der Waals surface area contributed by atoms with E-state index >= 15 is 0 Å². The lowest BCUT2D eigenvalue weighted by atomic mass is 10.0. The van der Waals surface area contributed by atoms with Crippen molar-refractivity contribution in [1.82, 2.24) is 4.90 Å². The molecule has 2 rings (SSSR count). The quantitative estimate of drug-likeness (QED) is 0.792. The van der Waals surface area contributed by atoms with Crippen LogP contribution in [0.1, 0.15) is 58.6 Å². The minimum Gasteiger partial charge on any atom is -0.490 e. The number of alkyl halides is 1. The second-order valence-corrected chi connectivity index (χ2v) is 8.02. The number of halogens is 2. The van der Waals surface area contributed by atoms with Crippen LogP contribution >= 0.6 is 0 Å². The van der Waals surface area contributed by atoms with Gasteiger partial charge in [-0.15, -0.1) is 0 Å². The van der Waals surface area contributed by atoms with Crippen molar-refractivity contribution >= 4 is 6.09 Å². The van der Waals surface area contributed by atoms with Gasteiger partial charge in [0.1, 0.15) is 23.3 Å². The minimum absolute atomic E-state index is 0.0796. The maximum absolute atomic E-state index is 14.2. The molecule has 1 aliphatic heterocycles. The fourth-order valence-corrected chi connectivity index (χ4v) is 3.17. The highest BCUT2D eigenvalue weighted by Crippen LogP contribution is 2.39. The Bertz CT molecular complexity index is 649. The molecule has 1 heterocycles. The molecule has 1 aromatic carbocycles. The van der Waals surface area contributed by atoms with E-state index in [-0.39, 0.29) is 19.1 Å². The molecule has 1 aliphatic rings. The van der Waals surface area contributed by atoms with Crippen molar-refractivity contribution in [3.05, 3.63) is 29.6 Å². The van der Waals surface area contributed by atoms with Crippen molar-refractivity contribution in [1.29, 1.82) is 0 Å². The average molecular weight is 384 g/mol. The maximum Gasteiger partial charge on any atom is 0.410 e. The molecule has 5 nitrogen and oxygen atoms in total. The van der Waals surface area contributed by atoms with Gasteiger partial charge < -0.3 is 15.2 Å². The van der Waals surface area contributed by atoms with Gasteiger partial charge in [-0.05, 0) is 65.3 Å². The normalized spacial score (nSPS) is 21.2. The van der Waals surface area contributed by atoms with Crippen molar-refractivity contribution in [2.75, 3.05) is 13.1 Å². The predicted molar refractivity (Wildman–Crippen MR) is 100.0 cm³/mol. The van der Waals surface area contributed by atoms with E-state index in [1.54, 1.807) is 20.8 Å². The van der Waals surface area contributed by atoms with Crippen LogP contribution in [-0.2, 0) is 4.74 Å². The number of hydrogen-bond donors (Lipinski definition) is 1. The Morgan fingerprint density at radius 1 is 1.41 bits per heavy atom. The molecule has 27 heavy (non-hydrogen) atoms. The molecule has 0 saturated carbocycles. The van der Waals surface area contributed by atoms with E-state index in [9.17, 15) is 13.6 Å². The highest BCUT2D eigenvalue weighted by molar-refractivity contribution is 5.69. The van der Waals surface area contributed by atoms with Crippen LogP contribution in [0.2, 0.25) is 0 Å². The molecule has 1 unspecified atom stereocenters. The molecule has 1 amide bonds. The third-order valence-electron chi connectivity index (χ3n) is 4.35. The molecule has 0 aliphatic carbocycles. The fourth-order valence-electron chi connectivity index (χ4n) is 3.17. The molecule has 2 N–H and O–H groups in total. The van der Waals surface area contributed by atoms with Gasteiger partial charge in [-0.3, -0.25) is 4.90 Å². The molecule has 0 radical (unpaired) electrons. The fraction of sp³-hybridized carbons (Fsp3) is 0.650. The van der Waals surface area contributed by atoms with Gasteiger partial charge >= 0.3 is 6.09 Å². The number of hydrogen-bond acceptors (Lipinski definition) is 4. The Balaban J connectivity index is 2.28. The maximum atomic E-state index is 14.2. The van der Waals surface area contributed by atoms with Crippen LogP contribution in [-0.4, -0.2) is 42.0 Å². The number of carbonyl (C=O) groups excluding carboxylic acids is 1. The van der Waals surface area contributed by atoms with Crippen LogP contribution in [0, 0.1) is 5.82 Å². The molecular formula is C20H30F2N2O3. The van der Waals surface area contributed by atoms with E-state index in [4.69, 9.17) is 15.2 Å². The first kappa shape index (κ1) is 21.4. The molecule has 152 valence electrons. The molecule has 1 saturated heterocycles. The first-order valence-corrected chi connectivity index (χ1v) is 9.40. The van der Waals surface area contributed by atoms with Crippen molar-refractivity contribution in [2.45, 2.75) is 70.9 Å². The Morgan fingerprint density at radius 2 is 2.11 bits per heavy atom. The topological polar surface area (TPSA) is 64.8 Å². The summed E-state index contributed by atoms with van der Waals surface area (Å²) >= 11 is 0. The Labute approximate surface area is 159 Å². The van der Waals surface area contributed by atoms with Gasteiger partial charge in [0.05, 0.1) is 18.7 Å². The highest BCUT2D eigenvalue weighted by atomic mass is 19.1. The summed E-state index contributed by atoms with van der Waals surface area (Å²) in [7, 11) is 0. The Kier molecular flexibility index (Phi) is 7.03. The van der Waals surface area contributed by atoms with Gasteiger partial charge in [0.25, 0.3) is 0 Å². The van der Waals surface area contributed by atoms with Crippen LogP contribution in [0.3, 0.4) is 0 Å². The second-order valence-electron chi connectivity index (χ2n) is 8.02. The summed E-state index contributed by atoms with van der Waals surface area (Å²) in [6.45, 7) is 7.62. The molecule has 1 aromatic rings. The van der Waals surface area contributed by atoms with E-state index in [1.165, 1.54) is 23.1 Å². The second kappa shape index (κ2) is 8.87. The molecule has 3 atom stereocenters. The lowest BCUT2D eigenvalue weighted by Gasteiger charge is -2.29. The molecule has 7 heteroatoms. The smallest absolute Gasteiger partial charge is 0.410 e. The summed E-state index contributed by atoms with van der Waals surface area (Å²) in [5.74, 6) is -0.00742. The first-order chi connectivity index (χ1) is 12.6. The number of benzene rings is 1. The summed E-state index contributed by atoms with van der Waals surface area (Å²) in [5, 5.41) is 0. The van der Waals surface area contributed by atoms with Crippen LogP contribution in [0.25, 0.3) is 0 Å². The standard InChI is InChI=1S/C20H30F2N2O3/c1-13(6-5-9-23)26-18-8-7-14(21)10-16(18)17-11-15(22)12-24(17)19(25)27-20(2,3)4/h7-8,10,13,15,17H,5-6,9,11-12,23H2,1-4H3/t13?,15-,17+/m0/s1. The minimum atomic E-state index is -1.20. The SMILES string of the molecule is CC(CCCN)Oc1ccc(F)cc1[C@H]1C[C@H](F)CN1C(=O)OC(C)(C)C.